The zero-order valence-corrected chi connectivity index (χ0v) is 11.4. The summed E-state index contributed by atoms with van der Waals surface area (Å²) in [5, 5.41) is 3.00. The smallest absolute Gasteiger partial charge is 0.251 e. The zero-order chi connectivity index (χ0) is 14.2. The minimum Gasteiger partial charge on any atom is -0.349 e. The van der Waals surface area contributed by atoms with E-state index in [1.165, 1.54) is 0 Å². The molecule has 1 aromatic carbocycles. The van der Waals surface area contributed by atoms with Gasteiger partial charge in [0.25, 0.3) is 5.91 Å². The third kappa shape index (κ3) is 2.27. The van der Waals surface area contributed by atoms with Gasteiger partial charge in [-0.1, -0.05) is 6.07 Å². The van der Waals surface area contributed by atoms with E-state index in [0.29, 0.717) is 11.6 Å². The second kappa shape index (κ2) is 4.70. The van der Waals surface area contributed by atoms with E-state index in [4.69, 9.17) is 0 Å². The van der Waals surface area contributed by atoms with Crippen LogP contribution < -0.4 is 5.32 Å². The second-order valence-corrected chi connectivity index (χ2v) is 5.26. The summed E-state index contributed by atoms with van der Waals surface area (Å²) in [6, 6.07) is 11.7. The van der Waals surface area contributed by atoms with Crippen molar-refractivity contribution in [2.24, 2.45) is 0 Å². The predicted molar refractivity (Wildman–Crippen MR) is 79.4 cm³/mol. The molecule has 0 unspecified atom stereocenters. The lowest BCUT2D eigenvalue weighted by atomic mass is 10.2. The van der Waals surface area contributed by atoms with Crippen molar-refractivity contribution in [3.05, 3.63) is 54.5 Å². The highest BCUT2D eigenvalue weighted by atomic mass is 16.1. The summed E-state index contributed by atoms with van der Waals surface area (Å²) in [6.07, 6.45) is 5.64. The van der Waals surface area contributed by atoms with E-state index in [9.17, 15) is 4.79 Å². The number of nitrogens with zero attached hydrogens (tertiary/aromatic N) is 3. The first-order valence-corrected chi connectivity index (χ1v) is 7.01. The molecule has 5 nitrogen and oxygen atoms in total. The van der Waals surface area contributed by atoms with Gasteiger partial charge in [-0.15, -0.1) is 0 Å². The van der Waals surface area contributed by atoms with Crippen molar-refractivity contribution in [3.63, 3.8) is 0 Å². The first kappa shape index (κ1) is 12.1. The van der Waals surface area contributed by atoms with Gasteiger partial charge in [-0.25, -0.2) is 9.97 Å². The molecule has 21 heavy (non-hydrogen) atoms. The van der Waals surface area contributed by atoms with Crippen molar-refractivity contribution in [2.45, 2.75) is 18.9 Å². The molecule has 0 saturated heterocycles. The predicted octanol–water partition coefficient (Wildman–Crippen LogP) is 2.31. The summed E-state index contributed by atoms with van der Waals surface area (Å²) < 4.78 is 1.89. The van der Waals surface area contributed by atoms with Crippen molar-refractivity contribution >= 4 is 17.1 Å². The molecular weight excluding hydrogens is 264 g/mol. The fourth-order valence-electron chi connectivity index (χ4n) is 2.33. The Balaban J connectivity index is 1.73. The molecule has 1 fully saturated rings. The van der Waals surface area contributed by atoms with E-state index in [2.05, 4.69) is 15.3 Å². The van der Waals surface area contributed by atoms with Crippen molar-refractivity contribution < 1.29 is 4.79 Å². The largest absolute Gasteiger partial charge is 0.349 e. The molecule has 0 radical (unpaired) electrons. The number of amides is 1. The van der Waals surface area contributed by atoms with Crippen LogP contribution in [0.2, 0.25) is 0 Å². The summed E-state index contributed by atoms with van der Waals surface area (Å²) in [5.41, 5.74) is 3.18. The molecule has 3 aromatic rings. The molecule has 1 aliphatic carbocycles. The number of hydrogen-bond acceptors (Lipinski definition) is 3. The van der Waals surface area contributed by atoms with Gasteiger partial charge in [0.2, 0.25) is 0 Å². The number of pyridine rings is 1. The molecule has 1 N–H and O–H groups in total. The van der Waals surface area contributed by atoms with Gasteiger partial charge < -0.3 is 5.32 Å². The maximum Gasteiger partial charge on any atom is 0.251 e. The second-order valence-electron chi connectivity index (χ2n) is 5.26. The number of aromatic nitrogens is 3. The number of carbonyl (C=O) groups excluding carboxylic acids is 1. The molecule has 104 valence electrons. The number of carbonyl (C=O) groups is 1. The Kier molecular flexibility index (Phi) is 2.70. The average Bonchev–Trinajstić information content (AvgIpc) is 3.23. The van der Waals surface area contributed by atoms with Crippen molar-refractivity contribution in [2.75, 3.05) is 0 Å². The Labute approximate surface area is 121 Å². The third-order valence-electron chi connectivity index (χ3n) is 3.61. The maximum atomic E-state index is 12.1. The summed E-state index contributed by atoms with van der Waals surface area (Å²) in [4.78, 5) is 20.8. The van der Waals surface area contributed by atoms with Crippen LogP contribution >= 0.6 is 0 Å². The molecule has 1 aliphatic rings. The number of imidazole rings is 1. The minimum atomic E-state index is -0.0169. The van der Waals surface area contributed by atoms with Crippen LogP contribution in [0.4, 0.5) is 0 Å². The molecular formula is C16H14N4O. The number of fused-ring (bicyclic) bond motifs is 1. The Hall–Kier alpha value is -2.69. The molecule has 1 saturated carbocycles. The number of benzene rings is 1. The van der Waals surface area contributed by atoms with Gasteiger partial charge in [-0.3, -0.25) is 9.36 Å². The van der Waals surface area contributed by atoms with Crippen molar-refractivity contribution in [1.82, 2.24) is 19.9 Å². The number of hydrogen-bond donors (Lipinski definition) is 1. The molecule has 0 bridgehead atoms. The summed E-state index contributed by atoms with van der Waals surface area (Å²) in [6.45, 7) is 0. The molecule has 2 aromatic heterocycles. The third-order valence-corrected chi connectivity index (χ3v) is 3.61. The standard InChI is InChI=1S/C16H14N4O/c21-16(19-12-6-7-12)11-3-1-4-13(9-11)20-10-18-14-5-2-8-17-15(14)20/h1-5,8-10,12H,6-7H2,(H,19,21). The fraction of sp³-hybridized carbons (Fsp3) is 0.188. The lowest BCUT2D eigenvalue weighted by Crippen LogP contribution is -2.25. The number of nitrogens with one attached hydrogen (secondary N) is 1. The summed E-state index contributed by atoms with van der Waals surface area (Å²) in [5.74, 6) is -0.0169. The molecule has 0 aliphatic heterocycles. The van der Waals surface area contributed by atoms with Crippen LogP contribution in [0.3, 0.4) is 0 Å². The Morgan fingerprint density at radius 2 is 2.10 bits per heavy atom. The number of rotatable bonds is 3. The first-order chi connectivity index (χ1) is 10.3. The van der Waals surface area contributed by atoms with Gasteiger partial charge in [0.1, 0.15) is 11.8 Å². The minimum absolute atomic E-state index is 0.0169. The van der Waals surface area contributed by atoms with E-state index >= 15 is 0 Å². The van der Waals surface area contributed by atoms with Crippen LogP contribution in [0, 0.1) is 0 Å². The van der Waals surface area contributed by atoms with Gasteiger partial charge in [0, 0.05) is 23.5 Å². The SMILES string of the molecule is O=C(NC1CC1)c1cccc(-n2cnc3cccnc32)c1. The van der Waals surface area contributed by atoms with Gasteiger partial charge in [0.05, 0.1) is 0 Å². The maximum absolute atomic E-state index is 12.1. The average molecular weight is 278 g/mol. The first-order valence-electron chi connectivity index (χ1n) is 7.01. The van der Waals surface area contributed by atoms with E-state index in [-0.39, 0.29) is 5.91 Å². The van der Waals surface area contributed by atoms with Crippen molar-refractivity contribution in [1.29, 1.82) is 0 Å². The van der Waals surface area contributed by atoms with E-state index in [1.54, 1.807) is 12.5 Å². The van der Waals surface area contributed by atoms with E-state index < -0.39 is 0 Å². The van der Waals surface area contributed by atoms with Crippen LogP contribution in [-0.4, -0.2) is 26.5 Å². The van der Waals surface area contributed by atoms with Crippen LogP contribution in [-0.2, 0) is 0 Å². The topological polar surface area (TPSA) is 59.8 Å². The lowest BCUT2D eigenvalue weighted by Gasteiger charge is -2.07. The monoisotopic (exact) mass is 278 g/mol. The summed E-state index contributed by atoms with van der Waals surface area (Å²) >= 11 is 0. The molecule has 0 spiro atoms. The van der Waals surface area contributed by atoms with Crippen LogP contribution in [0.25, 0.3) is 16.9 Å². The Morgan fingerprint density at radius 1 is 1.19 bits per heavy atom. The highest BCUT2D eigenvalue weighted by molar-refractivity contribution is 5.95. The van der Waals surface area contributed by atoms with Gasteiger partial charge in [-0.05, 0) is 43.2 Å². The van der Waals surface area contributed by atoms with Gasteiger partial charge in [0.15, 0.2) is 5.65 Å². The molecule has 1 amide bonds. The summed E-state index contributed by atoms with van der Waals surface area (Å²) in [7, 11) is 0. The van der Waals surface area contributed by atoms with Gasteiger partial charge >= 0.3 is 0 Å². The zero-order valence-electron chi connectivity index (χ0n) is 11.4. The Bertz CT molecular complexity index is 820. The van der Waals surface area contributed by atoms with Crippen LogP contribution in [0.1, 0.15) is 23.2 Å². The molecule has 4 rings (SSSR count). The fourth-order valence-corrected chi connectivity index (χ4v) is 2.33. The lowest BCUT2D eigenvalue weighted by molar-refractivity contribution is 0.0951. The quantitative estimate of drug-likeness (QED) is 0.799. The van der Waals surface area contributed by atoms with Crippen molar-refractivity contribution in [3.8, 4) is 5.69 Å². The van der Waals surface area contributed by atoms with E-state index in [1.807, 2.05) is 41.0 Å². The molecule has 0 atom stereocenters. The molecule has 5 heteroatoms. The molecule has 2 heterocycles. The Morgan fingerprint density at radius 3 is 2.95 bits per heavy atom. The van der Waals surface area contributed by atoms with Gasteiger partial charge in [-0.2, -0.15) is 0 Å². The van der Waals surface area contributed by atoms with E-state index in [0.717, 1.165) is 29.7 Å². The van der Waals surface area contributed by atoms with Crippen LogP contribution in [0.15, 0.2) is 48.9 Å². The highest BCUT2D eigenvalue weighted by Gasteiger charge is 2.23. The van der Waals surface area contributed by atoms with Crippen LogP contribution in [0.5, 0.6) is 0 Å². The normalized spacial score (nSPS) is 14.3. The highest BCUT2D eigenvalue weighted by Crippen LogP contribution is 2.20.